The fourth-order valence-corrected chi connectivity index (χ4v) is 4.47. The van der Waals surface area contributed by atoms with Gasteiger partial charge in [0, 0.05) is 62.3 Å². The molecule has 4 rings (SSSR count). The standard InChI is InChI=1S/C19H25N5OS/c1-14-4-2-3-5-16(14)17-21-19(26-22-17)24-10-6-15(7-11-24)18(25)23-12-8-20-9-13-23/h2-5,15,20H,6-13H2,1H3. The molecule has 2 aliphatic rings. The van der Waals surface area contributed by atoms with Crippen molar-refractivity contribution in [2.75, 3.05) is 44.2 Å². The van der Waals surface area contributed by atoms with Crippen LogP contribution in [0.3, 0.4) is 0 Å². The fraction of sp³-hybridized carbons (Fsp3) is 0.526. The maximum Gasteiger partial charge on any atom is 0.225 e. The number of benzene rings is 1. The van der Waals surface area contributed by atoms with Gasteiger partial charge in [0.15, 0.2) is 5.82 Å². The Morgan fingerprint density at radius 2 is 1.88 bits per heavy atom. The molecule has 0 unspecified atom stereocenters. The highest BCUT2D eigenvalue weighted by molar-refractivity contribution is 7.09. The summed E-state index contributed by atoms with van der Waals surface area (Å²) in [4.78, 5) is 21.7. The average Bonchev–Trinajstić information content (AvgIpc) is 3.18. The lowest BCUT2D eigenvalue weighted by atomic mass is 9.95. The Morgan fingerprint density at radius 1 is 1.15 bits per heavy atom. The third kappa shape index (κ3) is 3.59. The summed E-state index contributed by atoms with van der Waals surface area (Å²) in [5, 5.41) is 4.27. The molecule has 2 aromatic rings. The number of nitrogens with zero attached hydrogens (tertiary/aromatic N) is 4. The molecule has 0 radical (unpaired) electrons. The Labute approximate surface area is 158 Å². The second kappa shape index (κ2) is 7.72. The predicted molar refractivity (Wildman–Crippen MR) is 104 cm³/mol. The second-order valence-electron chi connectivity index (χ2n) is 7.05. The van der Waals surface area contributed by atoms with Gasteiger partial charge in [0.25, 0.3) is 0 Å². The second-order valence-corrected chi connectivity index (χ2v) is 7.78. The van der Waals surface area contributed by atoms with Gasteiger partial charge >= 0.3 is 0 Å². The molecule has 1 amide bonds. The van der Waals surface area contributed by atoms with E-state index in [-0.39, 0.29) is 5.92 Å². The van der Waals surface area contributed by atoms with Gasteiger partial charge < -0.3 is 15.1 Å². The third-order valence-corrected chi connectivity index (χ3v) is 6.12. The van der Waals surface area contributed by atoms with E-state index < -0.39 is 0 Å². The number of anilines is 1. The summed E-state index contributed by atoms with van der Waals surface area (Å²) in [6.45, 7) is 7.36. The molecule has 0 aliphatic carbocycles. The van der Waals surface area contributed by atoms with Gasteiger partial charge in [0.05, 0.1) is 0 Å². The lowest BCUT2D eigenvalue weighted by Gasteiger charge is -2.35. The largest absolute Gasteiger partial charge is 0.347 e. The molecule has 138 valence electrons. The smallest absolute Gasteiger partial charge is 0.225 e. The van der Waals surface area contributed by atoms with Crippen molar-refractivity contribution < 1.29 is 4.79 Å². The Hall–Kier alpha value is -1.99. The quantitative estimate of drug-likeness (QED) is 0.896. The lowest BCUT2D eigenvalue weighted by molar-refractivity contribution is -0.136. The molecule has 3 heterocycles. The van der Waals surface area contributed by atoms with E-state index in [2.05, 4.69) is 33.6 Å². The summed E-state index contributed by atoms with van der Waals surface area (Å²) in [5.74, 6) is 1.30. The summed E-state index contributed by atoms with van der Waals surface area (Å²) < 4.78 is 4.56. The van der Waals surface area contributed by atoms with E-state index in [9.17, 15) is 4.79 Å². The summed E-state index contributed by atoms with van der Waals surface area (Å²) in [6.07, 6.45) is 1.81. The van der Waals surface area contributed by atoms with Crippen LogP contribution in [-0.2, 0) is 4.79 Å². The van der Waals surface area contributed by atoms with Crippen molar-refractivity contribution in [2.24, 2.45) is 5.92 Å². The molecule has 7 heteroatoms. The molecule has 2 saturated heterocycles. The Morgan fingerprint density at radius 3 is 2.62 bits per heavy atom. The van der Waals surface area contributed by atoms with Crippen molar-refractivity contribution in [2.45, 2.75) is 19.8 Å². The van der Waals surface area contributed by atoms with Crippen LogP contribution in [0.5, 0.6) is 0 Å². The number of rotatable bonds is 3. The van der Waals surface area contributed by atoms with E-state index in [0.717, 1.165) is 68.6 Å². The first-order valence-electron chi connectivity index (χ1n) is 9.36. The first kappa shape index (κ1) is 17.4. The molecule has 6 nitrogen and oxygen atoms in total. The molecule has 0 spiro atoms. The van der Waals surface area contributed by atoms with Crippen LogP contribution in [0.25, 0.3) is 11.4 Å². The van der Waals surface area contributed by atoms with E-state index in [1.165, 1.54) is 17.1 Å². The number of aromatic nitrogens is 2. The van der Waals surface area contributed by atoms with Gasteiger partial charge in [-0.1, -0.05) is 24.3 Å². The van der Waals surface area contributed by atoms with Gasteiger partial charge in [0.2, 0.25) is 11.0 Å². The van der Waals surface area contributed by atoms with Crippen molar-refractivity contribution in [3.8, 4) is 11.4 Å². The van der Waals surface area contributed by atoms with E-state index in [1.807, 2.05) is 17.0 Å². The molecule has 2 fully saturated rings. The topological polar surface area (TPSA) is 61.4 Å². The molecular formula is C19H25N5OS. The maximum atomic E-state index is 12.7. The number of carbonyl (C=O) groups is 1. The molecule has 0 bridgehead atoms. The van der Waals surface area contributed by atoms with Gasteiger partial charge in [-0.05, 0) is 25.3 Å². The number of amides is 1. The number of piperazine rings is 1. The van der Waals surface area contributed by atoms with Crippen molar-refractivity contribution in [1.82, 2.24) is 19.6 Å². The molecule has 0 atom stereocenters. The minimum Gasteiger partial charge on any atom is -0.347 e. The van der Waals surface area contributed by atoms with Gasteiger partial charge in [-0.3, -0.25) is 4.79 Å². The normalized spacial score (nSPS) is 19.0. The van der Waals surface area contributed by atoms with E-state index in [0.29, 0.717) is 5.91 Å². The number of carbonyl (C=O) groups excluding carboxylic acids is 1. The molecule has 0 saturated carbocycles. The van der Waals surface area contributed by atoms with Gasteiger partial charge in [-0.15, -0.1) is 0 Å². The van der Waals surface area contributed by atoms with Crippen molar-refractivity contribution in [1.29, 1.82) is 0 Å². The summed E-state index contributed by atoms with van der Waals surface area (Å²) in [6, 6.07) is 8.21. The molecule has 1 aromatic heterocycles. The molecule has 26 heavy (non-hydrogen) atoms. The minimum absolute atomic E-state index is 0.160. The summed E-state index contributed by atoms with van der Waals surface area (Å²) in [7, 11) is 0. The Balaban J connectivity index is 1.38. The highest BCUT2D eigenvalue weighted by Gasteiger charge is 2.30. The molecule has 1 aromatic carbocycles. The van der Waals surface area contributed by atoms with E-state index in [4.69, 9.17) is 4.98 Å². The monoisotopic (exact) mass is 371 g/mol. The molecule has 1 N–H and O–H groups in total. The maximum absolute atomic E-state index is 12.7. The first-order chi connectivity index (χ1) is 12.7. The third-order valence-electron chi connectivity index (χ3n) is 5.34. The molecular weight excluding hydrogens is 346 g/mol. The number of aryl methyl sites for hydroxylation is 1. The van der Waals surface area contributed by atoms with Crippen molar-refractivity contribution >= 4 is 22.6 Å². The first-order valence-corrected chi connectivity index (χ1v) is 10.1. The van der Waals surface area contributed by atoms with Crippen LogP contribution in [0.1, 0.15) is 18.4 Å². The highest BCUT2D eigenvalue weighted by Crippen LogP contribution is 2.29. The van der Waals surface area contributed by atoms with Crippen molar-refractivity contribution in [3.63, 3.8) is 0 Å². The van der Waals surface area contributed by atoms with Gasteiger partial charge in [0.1, 0.15) is 0 Å². The van der Waals surface area contributed by atoms with E-state index >= 15 is 0 Å². The van der Waals surface area contributed by atoms with Crippen LogP contribution in [0.2, 0.25) is 0 Å². The zero-order chi connectivity index (χ0) is 17.9. The summed E-state index contributed by atoms with van der Waals surface area (Å²) >= 11 is 1.46. The van der Waals surface area contributed by atoms with Crippen LogP contribution < -0.4 is 10.2 Å². The summed E-state index contributed by atoms with van der Waals surface area (Å²) in [5.41, 5.74) is 2.29. The average molecular weight is 372 g/mol. The van der Waals surface area contributed by atoms with Crippen molar-refractivity contribution in [3.05, 3.63) is 29.8 Å². The Bertz CT molecular complexity index is 763. The zero-order valence-corrected chi connectivity index (χ0v) is 16.0. The minimum atomic E-state index is 0.160. The van der Waals surface area contributed by atoms with Crippen LogP contribution in [-0.4, -0.2) is 59.4 Å². The van der Waals surface area contributed by atoms with E-state index in [1.54, 1.807) is 0 Å². The van der Waals surface area contributed by atoms with Gasteiger partial charge in [-0.25, -0.2) is 0 Å². The van der Waals surface area contributed by atoms with Crippen LogP contribution in [0, 0.1) is 12.8 Å². The lowest BCUT2D eigenvalue weighted by Crippen LogP contribution is -2.50. The van der Waals surface area contributed by atoms with Crippen LogP contribution >= 0.6 is 11.5 Å². The SMILES string of the molecule is Cc1ccccc1-c1nsc(N2CCC(C(=O)N3CCNCC3)CC2)n1. The number of hydrogen-bond acceptors (Lipinski definition) is 6. The zero-order valence-electron chi connectivity index (χ0n) is 15.1. The molecule has 2 aliphatic heterocycles. The van der Waals surface area contributed by atoms with Crippen LogP contribution in [0.15, 0.2) is 24.3 Å². The fourth-order valence-electron chi connectivity index (χ4n) is 3.74. The predicted octanol–water partition coefficient (Wildman–Crippen LogP) is 2.16. The van der Waals surface area contributed by atoms with Gasteiger partial charge in [-0.2, -0.15) is 9.36 Å². The number of hydrogen-bond donors (Lipinski definition) is 1. The number of piperidine rings is 1. The number of nitrogens with one attached hydrogen (secondary N) is 1. The Kier molecular flexibility index (Phi) is 5.17. The highest BCUT2D eigenvalue weighted by atomic mass is 32.1. The van der Waals surface area contributed by atoms with Crippen LogP contribution in [0.4, 0.5) is 5.13 Å².